The molecule has 1 aromatic carbocycles. The fraction of sp³-hybridized carbons (Fsp3) is 0.182. The average Bonchev–Trinajstić information content (AvgIpc) is 2.24. The van der Waals surface area contributed by atoms with Crippen molar-refractivity contribution in [2.45, 2.75) is 6.18 Å². The van der Waals surface area contributed by atoms with Gasteiger partial charge in [0.05, 0.1) is 12.1 Å². The van der Waals surface area contributed by atoms with Gasteiger partial charge in [-0.3, -0.25) is 4.79 Å². The number of alkyl halides is 3. The zero-order valence-corrected chi connectivity index (χ0v) is 8.21. The highest BCUT2D eigenvalue weighted by molar-refractivity contribution is 6.13. The number of amides is 1. The van der Waals surface area contributed by atoms with Gasteiger partial charge in [0.2, 0.25) is 0 Å². The van der Waals surface area contributed by atoms with E-state index in [1.54, 1.807) is 0 Å². The van der Waals surface area contributed by atoms with Crippen molar-refractivity contribution in [2.24, 2.45) is 0 Å². The highest BCUT2D eigenvalue weighted by Crippen LogP contribution is 2.32. The maximum Gasteiger partial charge on any atom is 0.416 e. The summed E-state index contributed by atoms with van der Waals surface area (Å²) in [6, 6.07) is 4.49. The third kappa shape index (κ3) is 1.68. The lowest BCUT2D eigenvalue weighted by atomic mass is 10.1. The SMILES string of the molecule is C=C1CN(c2ccc(C(F)(F)F)cc2)C1=O. The third-order valence-corrected chi connectivity index (χ3v) is 2.40. The molecule has 1 fully saturated rings. The number of nitrogens with zero attached hydrogens (tertiary/aromatic N) is 1. The van der Waals surface area contributed by atoms with Gasteiger partial charge in [0.25, 0.3) is 5.91 Å². The molecule has 16 heavy (non-hydrogen) atoms. The van der Waals surface area contributed by atoms with E-state index in [1.807, 2.05) is 0 Å². The minimum atomic E-state index is -4.35. The minimum Gasteiger partial charge on any atom is -0.304 e. The molecular weight excluding hydrogens is 219 g/mol. The molecule has 0 N–H and O–H groups in total. The van der Waals surface area contributed by atoms with Gasteiger partial charge in [-0.25, -0.2) is 0 Å². The van der Waals surface area contributed by atoms with Gasteiger partial charge < -0.3 is 4.90 Å². The Hall–Kier alpha value is -1.78. The Kier molecular flexibility index (Phi) is 2.26. The molecule has 84 valence electrons. The number of hydrogen-bond donors (Lipinski definition) is 0. The summed E-state index contributed by atoms with van der Waals surface area (Å²) in [5.74, 6) is -0.236. The first-order valence-corrected chi connectivity index (χ1v) is 4.56. The Morgan fingerprint density at radius 2 is 1.75 bits per heavy atom. The normalized spacial score (nSPS) is 16.3. The lowest BCUT2D eigenvalue weighted by Gasteiger charge is -2.32. The van der Waals surface area contributed by atoms with Crippen LogP contribution in [0.1, 0.15) is 5.56 Å². The summed E-state index contributed by atoms with van der Waals surface area (Å²) in [6.45, 7) is 3.88. The molecule has 0 aromatic heterocycles. The van der Waals surface area contributed by atoms with Crippen molar-refractivity contribution in [1.29, 1.82) is 0 Å². The second kappa shape index (κ2) is 3.37. The van der Waals surface area contributed by atoms with Crippen LogP contribution >= 0.6 is 0 Å². The molecule has 0 spiro atoms. The van der Waals surface area contributed by atoms with Gasteiger partial charge in [-0.05, 0) is 24.3 Å². The Morgan fingerprint density at radius 3 is 2.12 bits per heavy atom. The molecule has 1 saturated heterocycles. The summed E-state index contributed by atoms with van der Waals surface area (Å²) >= 11 is 0. The molecule has 0 aliphatic carbocycles. The molecule has 2 nitrogen and oxygen atoms in total. The van der Waals surface area contributed by atoms with Crippen LogP contribution < -0.4 is 4.90 Å². The van der Waals surface area contributed by atoms with Crippen molar-refractivity contribution >= 4 is 11.6 Å². The van der Waals surface area contributed by atoms with Crippen molar-refractivity contribution in [3.63, 3.8) is 0 Å². The highest BCUT2D eigenvalue weighted by Gasteiger charge is 2.32. The molecule has 0 atom stereocenters. The van der Waals surface area contributed by atoms with Crippen LogP contribution in [-0.2, 0) is 11.0 Å². The number of benzene rings is 1. The molecule has 5 heteroatoms. The Bertz CT molecular complexity index is 447. The quantitative estimate of drug-likeness (QED) is 0.533. The van der Waals surface area contributed by atoms with Gasteiger partial charge in [0.15, 0.2) is 0 Å². The van der Waals surface area contributed by atoms with Crippen LogP contribution in [0.2, 0.25) is 0 Å². The number of halogens is 3. The average molecular weight is 227 g/mol. The van der Waals surface area contributed by atoms with E-state index >= 15 is 0 Å². The number of β-lactam (4-membered cyclic amide) rings is 1. The van der Waals surface area contributed by atoms with Crippen molar-refractivity contribution < 1.29 is 18.0 Å². The van der Waals surface area contributed by atoms with Crippen LogP contribution in [0.4, 0.5) is 18.9 Å². The second-order valence-corrected chi connectivity index (χ2v) is 3.54. The van der Waals surface area contributed by atoms with E-state index in [1.165, 1.54) is 17.0 Å². The highest BCUT2D eigenvalue weighted by atomic mass is 19.4. The molecular formula is C11H8F3NO. The Balaban J connectivity index is 2.21. The molecule has 0 bridgehead atoms. The number of carbonyl (C=O) groups excluding carboxylic acids is 1. The molecule has 1 heterocycles. The van der Waals surface area contributed by atoms with Crippen molar-refractivity contribution in [2.75, 3.05) is 11.4 Å². The lowest BCUT2D eigenvalue weighted by Crippen LogP contribution is -2.45. The summed E-state index contributed by atoms with van der Waals surface area (Å²) in [7, 11) is 0. The number of hydrogen-bond acceptors (Lipinski definition) is 1. The van der Waals surface area contributed by atoms with E-state index in [0.717, 1.165) is 12.1 Å². The van der Waals surface area contributed by atoms with E-state index in [-0.39, 0.29) is 5.91 Å². The Morgan fingerprint density at radius 1 is 1.19 bits per heavy atom. The van der Waals surface area contributed by atoms with E-state index in [0.29, 0.717) is 17.8 Å². The predicted octanol–water partition coefficient (Wildman–Crippen LogP) is 2.61. The van der Waals surface area contributed by atoms with E-state index < -0.39 is 11.7 Å². The first kappa shape index (κ1) is 10.7. The number of carbonyl (C=O) groups is 1. The summed E-state index contributed by atoms with van der Waals surface area (Å²) < 4.78 is 36.8. The zero-order chi connectivity index (χ0) is 11.9. The standard InChI is InChI=1S/C11H8F3NO/c1-7-6-15(10(7)16)9-4-2-8(3-5-9)11(12,13)14/h2-5H,1,6H2. The van der Waals surface area contributed by atoms with Gasteiger partial charge in [0.1, 0.15) is 0 Å². The van der Waals surface area contributed by atoms with Crippen molar-refractivity contribution in [3.8, 4) is 0 Å². The molecule has 1 aromatic rings. The third-order valence-electron chi connectivity index (χ3n) is 2.40. The first-order valence-electron chi connectivity index (χ1n) is 4.56. The van der Waals surface area contributed by atoms with Crippen molar-refractivity contribution in [3.05, 3.63) is 42.0 Å². The van der Waals surface area contributed by atoms with Gasteiger partial charge in [-0.2, -0.15) is 13.2 Å². The molecule has 1 aliphatic heterocycles. The van der Waals surface area contributed by atoms with Crippen LogP contribution in [0.15, 0.2) is 36.4 Å². The van der Waals surface area contributed by atoms with Gasteiger partial charge in [-0.15, -0.1) is 0 Å². The largest absolute Gasteiger partial charge is 0.416 e. The smallest absolute Gasteiger partial charge is 0.304 e. The van der Waals surface area contributed by atoms with Crippen LogP contribution in [0.3, 0.4) is 0 Å². The topological polar surface area (TPSA) is 20.3 Å². The molecule has 1 amide bonds. The van der Waals surface area contributed by atoms with Crippen LogP contribution in [0.25, 0.3) is 0 Å². The van der Waals surface area contributed by atoms with E-state index in [4.69, 9.17) is 0 Å². The van der Waals surface area contributed by atoms with Crippen LogP contribution in [0, 0.1) is 0 Å². The van der Waals surface area contributed by atoms with Crippen LogP contribution in [0.5, 0.6) is 0 Å². The molecule has 2 rings (SSSR count). The summed E-state index contributed by atoms with van der Waals surface area (Å²) in [6.07, 6.45) is -4.35. The fourth-order valence-corrected chi connectivity index (χ4v) is 1.47. The van der Waals surface area contributed by atoms with E-state index in [9.17, 15) is 18.0 Å². The maximum absolute atomic E-state index is 12.3. The van der Waals surface area contributed by atoms with Crippen LogP contribution in [-0.4, -0.2) is 12.5 Å². The lowest BCUT2D eigenvalue weighted by molar-refractivity contribution is -0.137. The summed E-state index contributed by atoms with van der Waals surface area (Å²) in [5.41, 5.74) is 0.216. The second-order valence-electron chi connectivity index (χ2n) is 3.54. The van der Waals surface area contributed by atoms with Gasteiger partial charge in [0, 0.05) is 11.3 Å². The summed E-state index contributed by atoms with van der Waals surface area (Å²) in [5, 5.41) is 0. The minimum absolute atomic E-state index is 0.236. The first-order chi connectivity index (χ1) is 7.39. The number of anilines is 1. The van der Waals surface area contributed by atoms with Gasteiger partial charge in [-0.1, -0.05) is 6.58 Å². The van der Waals surface area contributed by atoms with Crippen molar-refractivity contribution in [1.82, 2.24) is 0 Å². The Labute approximate surface area is 90.0 Å². The molecule has 0 unspecified atom stereocenters. The predicted molar refractivity (Wildman–Crippen MR) is 52.9 cm³/mol. The zero-order valence-electron chi connectivity index (χ0n) is 8.21. The summed E-state index contributed by atoms with van der Waals surface area (Å²) in [4.78, 5) is 12.6. The molecule has 1 aliphatic rings. The molecule has 0 radical (unpaired) electrons. The number of rotatable bonds is 1. The fourth-order valence-electron chi connectivity index (χ4n) is 1.47. The van der Waals surface area contributed by atoms with E-state index in [2.05, 4.69) is 6.58 Å². The monoisotopic (exact) mass is 227 g/mol. The van der Waals surface area contributed by atoms with Gasteiger partial charge >= 0.3 is 6.18 Å². The maximum atomic E-state index is 12.3. The molecule has 0 saturated carbocycles.